The van der Waals surface area contributed by atoms with Crippen LogP contribution in [0.15, 0.2) is 43.1 Å². The number of nitrogens with one attached hydrogen (secondary N) is 2. The summed E-state index contributed by atoms with van der Waals surface area (Å²) >= 11 is 0. The lowest BCUT2D eigenvalue weighted by molar-refractivity contribution is -0.131. The van der Waals surface area contributed by atoms with Gasteiger partial charge >= 0.3 is 6.09 Å². The highest BCUT2D eigenvalue weighted by molar-refractivity contribution is 7.91. The van der Waals surface area contributed by atoms with Crippen LogP contribution in [0.25, 0.3) is 10.8 Å². The summed E-state index contributed by atoms with van der Waals surface area (Å²) in [6.07, 6.45) is 3.03. The number of ether oxygens (including phenoxy) is 3. The minimum absolute atomic E-state index is 0.0291. The Hall–Kier alpha value is -3.87. The van der Waals surface area contributed by atoms with E-state index < -0.39 is 62.4 Å². The van der Waals surface area contributed by atoms with Gasteiger partial charge in [-0.05, 0) is 69.7 Å². The molecule has 0 spiro atoms. The number of fused-ring (bicyclic) bond motifs is 1. The lowest BCUT2D eigenvalue weighted by Crippen LogP contribution is -2.56. The lowest BCUT2D eigenvalue weighted by atomic mass is 10.1. The fourth-order valence-corrected chi connectivity index (χ4v) is 6.54. The van der Waals surface area contributed by atoms with Crippen molar-refractivity contribution in [3.05, 3.63) is 43.1 Å². The van der Waals surface area contributed by atoms with Gasteiger partial charge in [-0.3, -0.25) is 19.2 Å². The van der Waals surface area contributed by atoms with Crippen LogP contribution in [0, 0.1) is 5.92 Å². The van der Waals surface area contributed by atoms with Crippen molar-refractivity contribution < 1.29 is 37.0 Å². The van der Waals surface area contributed by atoms with Crippen molar-refractivity contribution in [3.63, 3.8) is 0 Å². The summed E-state index contributed by atoms with van der Waals surface area (Å²) in [5.74, 6) is -0.880. The minimum atomic E-state index is -3.83. The molecule has 12 nitrogen and oxygen atoms in total. The van der Waals surface area contributed by atoms with E-state index in [9.17, 15) is 22.8 Å². The molecule has 1 aliphatic heterocycles. The van der Waals surface area contributed by atoms with Crippen LogP contribution in [0.3, 0.4) is 0 Å². The van der Waals surface area contributed by atoms with Crippen LogP contribution < -0.4 is 19.5 Å². The molecule has 1 saturated heterocycles. The van der Waals surface area contributed by atoms with Crippen LogP contribution in [-0.2, 0) is 24.3 Å². The van der Waals surface area contributed by atoms with Gasteiger partial charge < -0.3 is 19.5 Å². The number of carbonyl (C=O) groups is 3. The molecule has 3 fully saturated rings. The molecule has 3 aliphatic rings. The molecule has 3 amide bonds. The highest BCUT2D eigenvalue weighted by Crippen LogP contribution is 2.45. The van der Waals surface area contributed by atoms with E-state index in [1.54, 1.807) is 40.1 Å². The Morgan fingerprint density at radius 1 is 1.19 bits per heavy atom. The third kappa shape index (κ3) is 6.01. The van der Waals surface area contributed by atoms with Gasteiger partial charge in [0.05, 0.1) is 18.9 Å². The van der Waals surface area contributed by atoms with Crippen LogP contribution in [0.2, 0.25) is 0 Å². The topological polar surface area (TPSA) is 153 Å². The van der Waals surface area contributed by atoms with E-state index in [1.165, 1.54) is 11.0 Å². The number of benzene rings is 1. The van der Waals surface area contributed by atoms with Gasteiger partial charge in [-0.15, -0.1) is 6.58 Å². The molecular weight excluding hydrogens is 564 g/mol. The summed E-state index contributed by atoms with van der Waals surface area (Å²) < 4.78 is 44.2. The zero-order valence-electron chi connectivity index (χ0n) is 24.1. The van der Waals surface area contributed by atoms with Crippen molar-refractivity contribution >= 4 is 38.7 Å². The molecule has 2 aliphatic carbocycles. The second-order valence-corrected chi connectivity index (χ2v) is 14.0. The molecule has 0 radical (unpaired) electrons. The van der Waals surface area contributed by atoms with Gasteiger partial charge in [0.1, 0.15) is 29.0 Å². The fourth-order valence-electron chi connectivity index (χ4n) is 5.18. The first-order valence-corrected chi connectivity index (χ1v) is 15.4. The van der Waals surface area contributed by atoms with Crippen LogP contribution in [0.4, 0.5) is 4.79 Å². The molecule has 1 aromatic heterocycles. The Morgan fingerprint density at radius 2 is 1.93 bits per heavy atom. The number of carbonyl (C=O) groups excluding carboxylic acids is 3. The number of amides is 3. The van der Waals surface area contributed by atoms with E-state index in [0.717, 1.165) is 10.8 Å². The van der Waals surface area contributed by atoms with Crippen molar-refractivity contribution in [3.8, 4) is 11.6 Å². The fraction of sp³-hybridized carbons (Fsp3) is 0.517. The summed E-state index contributed by atoms with van der Waals surface area (Å²) in [5.41, 5.74) is -2.30. The number of aromatic nitrogens is 1. The second kappa shape index (κ2) is 10.8. The molecule has 2 heterocycles. The molecule has 2 aromatic rings. The van der Waals surface area contributed by atoms with Crippen LogP contribution in [0.1, 0.15) is 46.5 Å². The molecule has 2 saturated carbocycles. The molecule has 1 unspecified atom stereocenters. The molecular formula is C29H36N4O8S. The molecule has 5 rings (SSSR count). The second-order valence-electron chi connectivity index (χ2n) is 12.0. The van der Waals surface area contributed by atoms with Crippen LogP contribution in [-0.4, -0.2) is 78.4 Å². The number of likely N-dealkylation sites (tertiary alicyclic amines) is 1. The Kier molecular flexibility index (Phi) is 7.58. The van der Waals surface area contributed by atoms with Crippen molar-refractivity contribution in [2.24, 2.45) is 5.92 Å². The number of hydrogen-bond acceptors (Lipinski definition) is 9. The molecule has 13 heteroatoms. The molecule has 1 aromatic carbocycles. The highest BCUT2D eigenvalue weighted by Gasteiger charge is 2.62. The predicted molar refractivity (Wildman–Crippen MR) is 153 cm³/mol. The standard InChI is InChI=1S/C29H36N4O8S/c1-6-18-15-29(18,26(35)32-42(37,38)21-8-9-21)31-24(34)23-14-20(16-33(23)27(36)41-28(2,3)4)40-25-22-10-7-19(39-5)13-17(22)11-12-30-25/h6-7,10-13,18,20-21,23H,1,8-9,14-16H2,2-5H3,(H,31,34)(H,32,35)/t18-,20-,23?,29-/m1/s1. The normalized spacial score (nSPS) is 25.4. The maximum atomic E-state index is 13.7. The molecule has 226 valence electrons. The number of pyridine rings is 1. The van der Waals surface area contributed by atoms with Gasteiger partial charge in [-0.2, -0.15) is 0 Å². The van der Waals surface area contributed by atoms with Gasteiger partial charge in [0, 0.05) is 23.9 Å². The smallest absolute Gasteiger partial charge is 0.411 e. The van der Waals surface area contributed by atoms with E-state index in [2.05, 4.69) is 21.6 Å². The number of hydrogen-bond donors (Lipinski definition) is 2. The Morgan fingerprint density at radius 3 is 2.55 bits per heavy atom. The van der Waals surface area contributed by atoms with Gasteiger partial charge in [0.25, 0.3) is 5.91 Å². The average molecular weight is 601 g/mol. The Labute approximate surface area is 244 Å². The average Bonchev–Trinajstić information content (AvgIpc) is 3.84. The third-order valence-electron chi connectivity index (χ3n) is 7.66. The van der Waals surface area contributed by atoms with E-state index >= 15 is 0 Å². The first-order chi connectivity index (χ1) is 19.8. The number of rotatable bonds is 9. The van der Waals surface area contributed by atoms with Gasteiger partial charge in [-0.25, -0.2) is 18.2 Å². The number of methoxy groups -OCH3 is 1. The van der Waals surface area contributed by atoms with Crippen molar-refractivity contribution in [2.75, 3.05) is 13.7 Å². The van der Waals surface area contributed by atoms with Crippen molar-refractivity contribution in [1.29, 1.82) is 0 Å². The van der Waals surface area contributed by atoms with Gasteiger partial charge in [-0.1, -0.05) is 6.08 Å². The quantitative estimate of drug-likeness (QED) is 0.414. The maximum Gasteiger partial charge on any atom is 0.411 e. The monoisotopic (exact) mass is 600 g/mol. The zero-order valence-corrected chi connectivity index (χ0v) is 24.9. The SMILES string of the molecule is C=C[C@@H]1C[C@]1(NC(=O)C1C[C@@H](Oc2nccc3cc(OC)ccc23)CN1C(=O)OC(C)(C)C)C(=O)NS(=O)(=O)C1CC1. The first kappa shape index (κ1) is 29.6. The van der Waals surface area contributed by atoms with E-state index in [1.807, 2.05) is 18.2 Å². The van der Waals surface area contributed by atoms with Crippen molar-refractivity contribution in [1.82, 2.24) is 19.9 Å². The summed E-state index contributed by atoms with van der Waals surface area (Å²) in [6, 6.07) is 6.23. The number of sulfonamides is 1. The summed E-state index contributed by atoms with van der Waals surface area (Å²) in [7, 11) is -2.25. The van der Waals surface area contributed by atoms with Gasteiger partial charge in [0.15, 0.2) is 0 Å². The van der Waals surface area contributed by atoms with Crippen LogP contribution >= 0.6 is 0 Å². The maximum absolute atomic E-state index is 13.7. The Bertz CT molecular complexity index is 1530. The van der Waals surface area contributed by atoms with Crippen LogP contribution in [0.5, 0.6) is 11.6 Å². The molecule has 4 atom stereocenters. The largest absolute Gasteiger partial charge is 0.497 e. The van der Waals surface area contributed by atoms with E-state index in [0.29, 0.717) is 24.5 Å². The summed E-state index contributed by atoms with van der Waals surface area (Å²) in [5, 5.41) is 3.72. The third-order valence-corrected chi connectivity index (χ3v) is 9.47. The lowest BCUT2D eigenvalue weighted by Gasteiger charge is -2.29. The molecule has 0 bridgehead atoms. The summed E-state index contributed by atoms with van der Waals surface area (Å²) in [6.45, 7) is 8.91. The Balaban J connectivity index is 1.37. The van der Waals surface area contributed by atoms with E-state index in [4.69, 9.17) is 14.2 Å². The predicted octanol–water partition coefficient (Wildman–Crippen LogP) is 2.67. The first-order valence-electron chi connectivity index (χ1n) is 13.9. The van der Waals surface area contributed by atoms with Gasteiger partial charge in [0.2, 0.25) is 21.8 Å². The van der Waals surface area contributed by atoms with Crippen molar-refractivity contribution in [2.45, 2.75) is 75.0 Å². The number of nitrogens with zero attached hydrogens (tertiary/aromatic N) is 2. The highest BCUT2D eigenvalue weighted by atomic mass is 32.2. The molecule has 2 N–H and O–H groups in total. The zero-order chi connectivity index (χ0) is 30.4. The summed E-state index contributed by atoms with van der Waals surface area (Å²) in [4.78, 5) is 45.8. The van der Waals surface area contributed by atoms with E-state index in [-0.39, 0.29) is 19.4 Å². The minimum Gasteiger partial charge on any atom is -0.497 e. The molecule has 42 heavy (non-hydrogen) atoms.